The first kappa shape index (κ1) is 27.1. The van der Waals surface area contributed by atoms with Crippen LogP contribution in [0.15, 0.2) is 95.9 Å². The van der Waals surface area contributed by atoms with Crippen LogP contribution in [-0.4, -0.2) is 26.7 Å². The lowest BCUT2D eigenvalue weighted by molar-refractivity contribution is -0.114. The summed E-state index contributed by atoms with van der Waals surface area (Å²) in [6, 6.07) is 25.0. The first-order chi connectivity index (χ1) is 18.1. The second-order valence-electron chi connectivity index (χ2n) is 8.98. The van der Waals surface area contributed by atoms with E-state index in [4.69, 9.17) is 11.6 Å². The zero-order valence-corrected chi connectivity index (χ0v) is 22.8. The lowest BCUT2D eigenvalue weighted by Gasteiger charge is -2.26. The minimum absolute atomic E-state index is 0.0724. The van der Waals surface area contributed by atoms with Crippen LogP contribution in [0.3, 0.4) is 0 Å². The van der Waals surface area contributed by atoms with Crippen LogP contribution in [0.4, 0.5) is 11.4 Å². The Morgan fingerprint density at radius 2 is 1.53 bits per heavy atom. The molecule has 0 bridgehead atoms. The predicted octanol–water partition coefficient (Wildman–Crippen LogP) is 6.33. The molecule has 0 atom stereocenters. The molecular weight excluding hydrogens is 520 g/mol. The average Bonchev–Trinajstić information content (AvgIpc) is 2.90. The monoisotopic (exact) mass is 546 g/mol. The highest BCUT2D eigenvalue weighted by Crippen LogP contribution is 2.29. The van der Waals surface area contributed by atoms with Crippen molar-refractivity contribution < 1.29 is 18.0 Å². The van der Waals surface area contributed by atoms with Crippen molar-refractivity contribution in [2.45, 2.75) is 25.7 Å². The third-order valence-electron chi connectivity index (χ3n) is 6.28. The molecule has 4 aromatic carbocycles. The molecule has 8 heteroatoms. The van der Waals surface area contributed by atoms with E-state index in [9.17, 15) is 18.0 Å². The van der Waals surface area contributed by atoms with Gasteiger partial charge in [0.25, 0.3) is 10.0 Å². The van der Waals surface area contributed by atoms with E-state index in [0.717, 1.165) is 21.0 Å². The van der Waals surface area contributed by atoms with Crippen LogP contribution in [0, 0.1) is 20.8 Å². The number of carbonyl (C=O) groups excluding carboxylic acids is 2. The van der Waals surface area contributed by atoms with Crippen LogP contribution in [-0.2, 0) is 14.8 Å². The number of aryl methyl sites for hydroxylation is 2. The molecule has 0 spiro atoms. The van der Waals surface area contributed by atoms with Gasteiger partial charge in [-0.1, -0.05) is 71.8 Å². The first-order valence-electron chi connectivity index (χ1n) is 11.9. The number of sulfonamides is 1. The number of ketones is 1. The Kier molecular flexibility index (Phi) is 7.99. The van der Waals surface area contributed by atoms with Crippen molar-refractivity contribution in [1.29, 1.82) is 0 Å². The molecule has 0 radical (unpaired) electrons. The zero-order valence-electron chi connectivity index (χ0n) is 21.2. The fraction of sp³-hybridized carbons (Fsp3) is 0.133. The molecule has 0 saturated heterocycles. The summed E-state index contributed by atoms with van der Waals surface area (Å²) in [6.07, 6.45) is 0. The molecule has 0 saturated carbocycles. The van der Waals surface area contributed by atoms with Crippen LogP contribution in [0.25, 0.3) is 0 Å². The first-order valence-corrected chi connectivity index (χ1v) is 13.7. The van der Waals surface area contributed by atoms with Gasteiger partial charge in [0, 0.05) is 16.1 Å². The van der Waals surface area contributed by atoms with Gasteiger partial charge in [-0.25, -0.2) is 8.42 Å². The number of benzene rings is 4. The Balaban J connectivity index is 1.71. The predicted molar refractivity (Wildman–Crippen MR) is 152 cm³/mol. The van der Waals surface area contributed by atoms with Crippen LogP contribution < -0.4 is 9.62 Å². The summed E-state index contributed by atoms with van der Waals surface area (Å²) >= 11 is 6.17. The fourth-order valence-electron chi connectivity index (χ4n) is 4.02. The molecule has 0 aromatic heterocycles. The molecular formula is C30H27ClN2O4S. The number of amides is 1. The van der Waals surface area contributed by atoms with Crippen molar-refractivity contribution >= 4 is 44.7 Å². The molecule has 1 amide bonds. The number of hydrogen-bond donors (Lipinski definition) is 1. The summed E-state index contributed by atoms with van der Waals surface area (Å²) < 4.78 is 28.7. The van der Waals surface area contributed by atoms with E-state index in [2.05, 4.69) is 5.32 Å². The number of rotatable bonds is 8. The largest absolute Gasteiger partial charge is 0.324 e. The third kappa shape index (κ3) is 5.79. The highest BCUT2D eigenvalue weighted by molar-refractivity contribution is 7.92. The SMILES string of the molecule is Cc1ccc(S(=O)(=O)N(CC(=O)Nc2ccc(Cl)cc2C(=O)c2ccccc2)c2cccc(C)c2C)cc1. The molecule has 194 valence electrons. The van der Waals surface area contributed by atoms with Crippen LogP contribution in [0.1, 0.15) is 32.6 Å². The normalized spacial score (nSPS) is 11.2. The Labute approximate surface area is 227 Å². The Morgan fingerprint density at radius 1 is 0.842 bits per heavy atom. The number of halogens is 1. The number of nitrogens with zero attached hydrogens (tertiary/aromatic N) is 1. The lowest BCUT2D eigenvalue weighted by Crippen LogP contribution is -2.38. The number of nitrogens with one attached hydrogen (secondary N) is 1. The summed E-state index contributed by atoms with van der Waals surface area (Å²) in [4.78, 5) is 26.6. The van der Waals surface area contributed by atoms with Gasteiger partial charge in [-0.05, 0) is 68.3 Å². The van der Waals surface area contributed by atoms with Gasteiger partial charge in [0.15, 0.2) is 5.78 Å². The van der Waals surface area contributed by atoms with Gasteiger partial charge >= 0.3 is 0 Å². The van der Waals surface area contributed by atoms with Crippen molar-refractivity contribution in [2.75, 3.05) is 16.2 Å². The van der Waals surface area contributed by atoms with Gasteiger partial charge in [0.1, 0.15) is 6.54 Å². The van der Waals surface area contributed by atoms with Gasteiger partial charge in [0.05, 0.1) is 16.3 Å². The smallest absolute Gasteiger partial charge is 0.264 e. The van der Waals surface area contributed by atoms with Gasteiger partial charge in [-0.3, -0.25) is 13.9 Å². The summed E-state index contributed by atoms with van der Waals surface area (Å²) in [5, 5.41) is 3.07. The molecule has 0 unspecified atom stereocenters. The fourth-order valence-corrected chi connectivity index (χ4v) is 5.67. The quantitative estimate of drug-likeness (QED) is 0.262. The molecule has 1 N–H and O–H groups in total. The van der Waals surface area contributed by atoms with E-state index < -0.39 is 22.5 Å². The third-order valence-corrected chi connectivity index (χ3v) is 8.29. The second kappa shape index (κ2) is 11.2. The van der Waals surface area contributed by atoms with Crippen LogP contribution >= 0.6 is 11.6 Å². The Morgan fingerprint density at radius 3 is 2.21 bits per heavy atom. The number of anilines is 2. The summed E-state index contributed by atoms with van der Waals surface area (Å²) in [5.74, 6) is -0.923. The van der Waals surface area contributed by atoms with Crippen molar-refractivity contribution in [1.82, 2.24) is 0 Å². The number of carbonyl (C=O) groups is 2. The van der Waals surface area contributed by atoms with E-state index in [1.807, 2.05) is 26.8 Å². The van der Waals surface area contributed by atoms with Crippen LogP contribution in [0.2, 0.25) is 5.02 Å². The van der Waals surface area contributed by atoms with E-state index in [0.29, 0.717) is 16.3 Å². The topological polar surface area (TPSA) is 83.6 Å². The second-order valence-corrected chi connectivity index (χ2v) is 11.3. The molecule has 0 aliphatic heterocycles. The highest BCUT2D eigenvalue weighted by Gasteiger charge is 2.29. The number of hydrogen-bond acceptors (Lipinski definition) is 4. The molecule has 38 heavy (non-hydrogen) atoms. The molecule has 4 aromatic rings. The Bertz CT molecular complexity index is 1600. The molecule has 0 aliphatic carbocycles. The minimum atomic E-state index is -4.09. The van der Waals surface area contributed by atoms with Gasteiger partial charge in [-0.15, -0.1) is 0 Å². The van der Waals surface area contributed by atoms with Crippen LogP contribution in [0.5, 0.6) is 0 Å². The molecule has 0 aliphatic rings. The molecule has 0 fully saturated rings. The maximum absolute atomic E-state index is 13.8. The summed E-state index contributed by atoms with van der Waals surface area (Å²) in [7, 11) is -4.09. The van der Waals surface area contributed by atoms with Crippen molar-refractivity contribution in [3.63, 3.8) is 0 Å². The van der Waals surface area contributed by atoms with Gasteiger partial charge in [-0.2, -0.15) is 0 Å². The molecule has 0 heterocycles. The summed E-state index contributed by atoms with van der Waals surface area (Å²) in [6.45, 7) is 5.07. The summed E-state index contributed by atoms with van der Waals surface area (Å²) in [5.41, 5.74) is 3.82. The van der Waals surface area contributed by atoms with Crippen molar-refractivity contribution in [2.24, 2.45) is 0 Å². The van der Waals surface area contributed by atoms with Crippen molar-refractivity contribution in [3.05, 3.63) is 124 Å². The molecule has 4 rings (SSSR count). The van der Waals surface area contributed by atoms with E-state index in [1.165, 1.54) is 24.3 Å². The molecule has 6 nitrogen and oxygen atoms in total. The zero-order chi connectivity index (χ0) is 27.4. The standard InChI is InChI=1S/C30H27ClN2O4S/c1-20-12-15-25(16-13-20)38(36,37)33(28-11-7-8-21(2)22(28)3)19-29(34)32-27-17-14-24(31)18-26(27)30(35)23-9-5-4-6-10-23/h4-18H,19H2,1-3H3,(H,32,34). The maximum atomic E-state index is 13.8. The highest BCUT2D eigenvalue weighted by atomic mass is 35.5. The van der Waals surface area contributed by atoms with Crippen molar-refractivity contribution in [3.8, 4) is 0 Å². The lowest BCUT2D eigenvalue weighted by atomic mass is 10.0. The minimum Gasteiger partial charge on any atom is -0.324 e. The Hall–Kier alpha value is -3.94. The van der Waals surface area contributed by atoms with E-state index >= 15 is 0 Å². The van der Waals surface area contributed by atoms with E-state index in [-0.39, 0.29) is 21.9 Å². The van der Waals surface area contributed by atoms with E-state index in [1.54, 1.807) is 60.7 Å². The maximum Gasteiger partial charge on any atom is 0.264 e. The average molecular weight is 547 g/mol. The van der Waals surface area contributed by atoms with Gasteiger partial charge < -0.3 is 5.32 Å². The van der Waals surface area contributed by atoms with Gasteiger partial charge in [0.2, 0.25) is 5.91 Å².